The molecule has 0 fully saturated rings. The quantitative estimate of drug-likeness (QED) is 0.672. The van der Waals surface area contributed by atoms with E-state index >= 15 is 0 Å². The van der Waals surface area contributed by atoms with Gasteiger partial charge in [0.1, 0.15) is 6.33 Å². The van der Waals surface area contributed by atoms with Crippen LogP contribution in [-0.4, -0.2) is 36.8 Å². The first-order valence-electron chi connectivity index (χ1n) is 4.70. The number of carbonyl (C=O) groups is 1. The van der Waals surface area contributed by atoms with Crippen LogP contribution in [0, 0.1) is 0 Å². The smallest absolute Gasteiger partial charge is 0.351 e. The molecule has 0 aliphatic carbocycles. The first-order valence-corrected chi connectivity index (χ1v) is 4.70. The summed E-state index contributed by atoms with van der Waals surface area (Å²) in [6.07, 6.45) is 1.26. The summed E-state index contributed by atoms with van der Waals surface area (Å²) in [7, 11) is 1.47. The molecule has 0 unspecified atom stereocenters. The summed E-state index contributed by atoms with van der Waals surface area (Å²) in [6, 6.07) is 0. The first kappa shape index (κ1) is 10.3. The third-order valence-corrected chi connectivity index (χ3v) is 2.05. The Hall–Kier alpha value is -2.25. The van der Waals surface area contributed by atoms with Crippen LogP contribution in [0.25, 0.3) is 5.65 Å². The van der Waals surface area contributed by atoms with Crippen LogP contribution >= 0.6 is 0 Å². The summed E-state index contributed by atoms with van der Waals surface area (Å²) < 4.78 is 2.24. The van der Waals surface area contributed by atoms with Gasteiger partial charge >= 0.3 is 5.69 Å². The molecule has 0 saturated heterocycles. The number of aryl methyl sites for hydroxylation is 1. The minimum absolute atomic E-state index is 0.104. The molecule has 8 nitrogen and oxygen atoms in total. The molecular weight excluding hydrogens is 212 g/mol. The van der Waals surface area contributed by atoms with Gasteiger partial charge in [-0.15, -0.1) is 5.10 Å². The average molecular weight is 222 g/mol. The third-order valence-electron chi connectivity index (χ3n) is 2.05. The summed E-state index contributed by atoms with van der Waals surface area (Å²) in [6.45, 7) is 2.27. The zero-order valence-electron chi connectivity index (χ0n) is 8.84. The predicted octanol–water partition coefficient (Wildman–Crippen LogP) is -1.43. The van der Waals surface area contributed by atoms with Crippen molar-refractivity contribution in [2.24, 2.45) is 7.05 Å². The molecule has 2 aromatic heterocycles. The van der Waals surface area contributed by atoms with Crippen molar-refractivity contribution >= 4 is 11.6 Å². The van der Waals surface area contributed by atoms with E-state index in [-0.39, 0.29) is 17.2 Å². The highest BCUT2D eigenvalue weighted by Crippen LogP contribution is 2.01. The van der Waals surface area contributed by atoms with Gasteiger partial charge in [-0.1, -0.05) is 5.21 Å². The largest absolute Gasteiger partial charge is 0.352 e. The Bertz CT molecular complexity index is 598. The Balaban J connectivity index is 2.63. The number of carbonyl (C=O) groups excluding carboxylic acids is 1. The highest BCUT2D eigenvalue weighted by Gasteiger charge is 2.15. The molecule has 0 bridgehead atoms. The van der Waals surface area contributed by atoms with Crippen LogP contribution in [0.2, 0.25) is 0 Å². The number of aromatic nitrogens is 5. The van der Waals surface area contributed by atoms with Gasteiger partial charge in [-0.05, 0) is 6.92 Å². The molecule has 0 aromatic carbocycles. The van der Waals surface area contributed by atoms with Gasteiger partial charge in [0.15, 0.2) is 11.3 Å². The molecule has 1 amide bonds. The molecule has 0 atom stereocenters. The van der Waals surface area contributed by atoms with E-state index in [0.29, 0.717) is 6.54 Å². The average Bonchev–Trinajstić information content (AvgIpc) is 2.68. The summed E-state index contributed by atoms with van der Waals surface area (Å²) in [5.41, 5.74) is -0.130. The predicted molar refractivity (Wildman–Crippen MR) is 54.0 cm³/mol. The Labute approximate surface area is 89.9 Å². The lowest BCUT2D eigenvalue weighted by molar-refractivity contribution is 0.0952. The minimum atomic E-state index is -0.395. The first-order chi connectivity index (χ1) is 7.65. The maximum Gasteiger partial charge on any atom is 0.352 e. The fraction of sp³-hybridized carbons (Fsp3) is 0.375. The van der Waals surface area contributed by atoms with Crippen molar-refractivity contribution in [3.63, 3.8) is 0 Å². The number of amides is 1. The lowest BCUT2D eigenvalue weighted by Gasteiger charge is -1.98. The Morgan fingerprint density at radius 2 is 2.31 bits per heavy atom. The Morgan fingerprint density at radius 1 is 1.56 bits per heavy atom. The number of nitrogens with one attached hydrogen (secondary N) is 1. The molecule has 0 aliphatic heterocycles. The van der Waals surface area contributed by atoms with E-state index in [0.717, 1.165) is 4.68 Å². The van der Waals surface area contributed by atoms with Gasteiger partial charge in [-0.2, -0.15) is 4.68 Å². The van der Waals surface area contributed by atoms with Gasteiger partial charge in [0.05, 0.1) is 0 Å². The molecule has 2 aromatic rings. The zero-order chi connectivity index (χ0) is 11.7. The van der Waals surface area contributed by atoms with E-state index in [9.17, 15) is 9.59 Å². The molecule has 0 saturated carbocycles. The number of fused-ring (bicyclic) bond motifs is 1. The molecule has 16 heavy (non-hydrogen) atoms. The van der Waals surface area contributed by atoms with Crippen LogP contribution in [0.3, 0.4) is 0 Å². The van der Waals surface area contributed by atoms with Crippen LogP contribution in [0.4, 0.5) is 0 Å². The molecular formula is C8H10N6O2. The SMILES string of the molecule is CCNC(=O)c1ncn2c(=O)n(C)nnc12. The van der Waals surface area contributed by atoms with Crippen molar-refractivity contribution in [2.45, 2.75) is 6.92 Å². The Kier molecular flexibility index (Phi) is 2.39. The summed E-state index contributed by atoms with van der Waals surface area (Å²) >= 11 is 0. The molecule has 0 spiro atoms. The normalized spacial score (nSPS) is 10.6. The topological polar surface area (TPSA) is 94.2 Å². The minimum Gasteiger partial charge on any atom is -0.351 e. The summed E-state index contributed by atoms with van der Waals surface area (Å²) in [5.74, 6) is -0.368. The van der Waals surface area contributed by atoms with E-state index in [1.54, 1.807) is 6.92 Å². The number of nitrogens with zero attached hydrogens (tertiary/aromatic N) is 5. The van der Waals surface area contributed by atoms with Crippen LogP contribution in [0.5, 0.6) is 0 Å². The molecule has 1 N–H and O–H groups in total. The molecule has 84 valence electrons. The van der Waals surface area contributed by atoms with Crippen LogP contribution in [0.15, 0.2) is 11.1 Å². The van der Waals surface area contributed by atoms with Crippen LogP contribution in [0.1, 0.15) is 17.4 Å². The van der Waals surface area contributed by atoms with Gasteiger partial charge in [0.2, 0.25) is 0 Å². The van der Waals surface area contributed by atoms with Gasteiger partial charge in [0.25, 0.3) is 5.91 Å². The lowest BCUT2D eigenvalue weighted by atomic mass is 10.4. The van der Waals surface area contributed by atoms with E-state index in [4.69, 9.17) is 0 Å². The van der Waals surface area contributed by atoms with Gasteiger partial charge < -0.3 is 5.32 Å². The highest BCUT2D eigenvalue weighted by molar-refractivity contribution is 5.97. The monoisotopic (exact) mass is 222 g/mol. The van der Waals surface area contributed by atoms with Crippen molar-refractivity contribution in [2.75, 3.05) is 6.54 Å². The van der Waals surface area contributed by atoms with Gasteiger partial charge in [0, 0.05) is 13.6 Å². The zero-order valence-corrected chi connectivity index (χ0v) is 8.84. The van der Waals surface area contributed by atoms with E-state index in [2.05, 4.69) is 20.6 Å². The fourth-order valence-electron chi connectivity index (χ4n) is 1.29. The van der Waals surface area contributed by atoms with Crippen molar-refractivity contribution in [1.82, 2.24) is 29.7 Å². The fourth-order valence-corrected chi connectivity index (χ4v) is 1.29. The van der Waals surface area contributed by atoms with E-state index < -0.39 is 5.69 Å². The summed E-state index contributed by atoms with van der Waals surface area (Å²) in [4.78, 5) is 27.0. The highest BCUT2D eigenvalue weighted by atomic mass is 16.2. The number of rotatable bonds is 2. The molecule has 0 radical (unpaired) electrons. The van der Waals surface area contributed by atoms with E-state index in [1.165, 1.54) is 17.8 Å². The Morgan fingerprint density at radius 3 is 3.00 bits per heavy atom. The second-order valence-electron chi connectivity index (χ2n) is 3.14. The number of hydrogen-bond acceptors (Lipinski definition) is 5. The van der Waals surface area contributed by atoms with Crippen LogP contribution < -0.4 is 11.0 Å². The lowest BCUT2D eigenvalue weighted by Crippen LogP contribution is -2.28. The number of hydrogen-bond donors (Lipinski definition) is 1. The van der Waals surface area contributed by atoms with E-state index in [1.807, 2.05) is 0 Å². The second-order valence-corrected chi connectivity index (χ2v) is 3.14. The molecule has 8 heteroatoms. The van der Waals surface area contributed by atoms with Gasteiger partial charge in [-0.25, -0.2) is 14.2 Å². The van der Waals surface area contributed by atoms with Crippen molar-refractivity contribution in [1.29, 1.82) is 0 Å². The third kappa shape index (κ3) is 1.44. The maximum absolute atomic E-state index is 11.6. The molecule has 2 heterocycles. The van der Waals surface area contributed by atoms with Crippen LogP contribution in [-0.2, 0) is 7.05 Å². The maximum atomic E-state index is 11.6. The van der Waals surface area contributed by atoms with Gasteiger partial charge in [-0.3, -0.25) is 4.79 Å². The second kappa shape index (κ2) is 3.72. The van der Waals surface area contributed by atoms with Crippen molar-refractivity contribution < 1.29 is 4.79 Å². The number of imidazole rings is 1. The van der Waals surface area contributed by atoms with Crippen molar-refractivity contribution in [3.8, 4) is 0 Å². The summed E-state index contributed by atoms with van der Waals surface area (Å²) in [5, 5.41) is 9.94. The standard InChI is InChI=1S/C8H10N6O2/c1-3-9-7(15)5-6-11-12-13(2)8(16)14(6)4-10-5/h4H,3H2,1-2H3,(H,9,15). The molecule has 2 rings (SSSR count). The van der Waals surface area contributed by atoms with Crippen molar-refractivity contribution in [3.05, 3.63) is 22.5 Å². The molecule has 0 aliphatic rings.